The monoisotopic (exact) mass is 435 g/mol. The van der Waals surface area contributed by atoms with Gasteiger partial charge in [-0.3, -0.25) is 9.88 Å². The minimum absolute atomic E-state index is 0.186. The number of nitrogens with zero attached hydrogens (tertiary/aromatic N) is 5. The molecule has 8 nitrogen and oxygen atoms in total. The normalized spacial score (nSPS) is 21.4. The first-order valence-electron chi connectivity index (χ1n) is 11.1. The van der Waals surface area contributed by atoms with Crippen molar-refractivity contribution in [2.75, 3.05) is 37.7 Å². The molecule has 1 fully saturated rings. The molecular weight excluding hydrogens is 406 g/mol. The van der Waals surface area contributed by atoms with E-state index >= 15 is 0 Å². The fraction of sp³-hybridized carbons (Fsp3) is 0.417. The highest BCUT2D eigenvalue weighted by Crippen LogP contribution is 2.36. The summed E-state index contributed by atoms with van der Waals surface area (Å²) in [5.41, 5.74) is 5.85. The molecule has 0 radical (unpaired) electrons. The van der Waals surface area contributed by atoms with E-state index in [9.17, 15) is 10.2 Å². The zero-order chi connectivity index (χ0) is 22.4. The molecule has 8 heteroatoms. The molecule has 2 aliphatic heterocycles. The average Bonchev–Trinajstić information content (AvgIpc) is 3.18. The van der Waals surface area contributed by atoms with E-state index in [1.54, 1.807) is 0 Å². The quantitative estimate of drug-likeness (QED) is 0.649. The Morgan fingerprint density at radius 3 is 2.78 bits per heavy atom. The van der Waals surface area contributed by atoms with Crippen LogP contribution in [0.4, 0.5) is 5.69 Å². The van der Waals surface area contributed by atoms with Gasteiger partial charge >= 0.3 is 0 Å². The fourth-order valence-corrected chi connectivity index (χ4v) is 4.70. The van der Waals surface area contributed by atoms with Gasteiger partial charge in [0.15, 0.2) is 5.65 Å². The first-order chi connectivity index (χ1) is 15.4. The number of ether oxygens (including phenoxy) is 1. The third-order valence-electron chi connectivity index (χ3n) is 6.35. The van der Waals surface area contributed by atoms with E-state index in [4.69, 9.17) is 4.74 Å². The number of fused-ring (bicyclic) bond motifs is 2. The van der Waals surface area contributed by atoms with Crippen LogP contribution in [0.1, 0.15) is 29.6 Å². The van der Waals surface area contributed by atoms with E-state index in [0.29, 0.717) is 29.6 Å². The summed E-state index contributed by atoms with van der Waals surface area (Å²) >= 11 is 0. The Bertz CT molecular complexity index is 1190. The number of β-amino-alcohol motifs (C(OH)–C–C–N with tert-alkyl or cyclic N) is 1. The lowest BCUT2D eigenvalue weighted by Crippen LogP contribution is -2.52. The maximum Gasteiger partial charge on any atom is 0.226 e. The molecule has 2 aliphatic rings. The third-order valence-corrected chi connectivity index (χ3v) is 6.35. The highest BCUT2D eigenvalue weighted by molar-refractivity contribution is 5.86. The number of rotatable bonds is 4. The summed E-state index contributed by atoms with van der Waals surface area (Å²) in [7, 11) is 0. The highest BCUT2D eigenvalue weighted by Gasteiger charge is 2.27. The predicted molar refractivity (Wildman–Crippen MR) is 124 cm³/mol. The van der Waals surface area contributed by atoms with Crippen molar-refractivity contribution < 1.29 is 14.9 Å². The van der Waals surface area contributed by atoms with Crippen molar-refractivity contribution in [1.82, 2.24) is 19.3 Å². The molecule has 168 valence electrons. The maximum atomic E-state index is 10.8. The standard InChI is InChI=1S/C24H29N5O3/c1-15-12-29-14-21(26-23(29)17(3)25-15)20-10-18-4-5-19(11-22(18)32-24(20)31)28-7-6-27(8-9-30)16(2)13-28/h4-5,10-12,14,16,24,30-31H,6-9,13H2,1-3H3/t16-,24?/m0/s1. The second kappa shape index (κ2) is 8.20. The zero-order valence-corrected chi connectivity index (χ0v) is 18.7. The Morgan fingerprint density at radius 2 is 2.00 bits per heavy atom. The number of aliphatic hydroxyl groups excluding tert-OH is 2. The van der Waals surface area contributed by atoms with Crippen molar-refractivity contribution in [3.63, 3.8) is 0 Å². The van der Waals surface area contributed by atoms with Crippen LogP contribution in [-0.2, 0) is 0 Å². The third kappa shape index (κ3) is 3.74. The Morgan fingerprint density at radius 1 is 1.16 bits per heavy atom. The summed E-state index contributed by atoms with van der Waals surface area (Å²) in [6.07, 6.45) is 4.70. The minimum Gasteiger partial charge on any atom is -0.460 e. The van der Waals surface area contributed by atoms with Crippen LogP contribution in [0.3, 0.4) is 0 Å². The molecule has 4 heterocycles. The van der Waals surface area contributed by atoms with Crippen LogP contribution in [0.25, 0.3) is 17.3 Å². The average molecular weight is 436 g/mol. The number of hydrogen-bond acceptors (Lipinski definition) is 7. The molecule has 2 aromatic heterocycles. The number of aromatic nitrogens is 3. The van der Waals surface area contributed by atoms with Crippen LogP contribution in [0.15, 0.2) is 30.6 Å². The molecule has 1 saturated heterocycles. The van der Waals surface area contributed by atoms with Gasteiger partial charge in [-0.1, -0.05) is 0 Å². The van der Waals surface area contributed by atoms with E-state index < -0.39 is 6.29 Å². The largest absolute Gasteiger partial charge is 0.460 e. The molecule has 1 aromatic carbocycles. The topological polar surface area (TPSA) is 86.4 Å². The van der Waals surface area contributed by atoms with Crippen molar-refractivity contribution in [3.8, 4) is 5.75 Å². The van der Waals surface area contributed by atoms with Gasteiger partial charge < -0.3 is 24.3 Å². The molecule has 5 rings (SSSR count). The molecule has 0 bridgehead atoms. The molecule has 32 heavy (non-hydrogen) atoms. The number of piperazine rings is 1. The van der Waals surface area contributed by atoms with Crippen LogP contribution < -0.4 is 9.64 Å². The highest BCUT2D eigenvalue weighted by atomic mass is 16.6. The lowest BCUT2D eigenvalue weighted by atomic mass is 10.0. The summed E-state index contributed by atoms with van der Waals surface area (Å²) < 4.78 is 7.86. The van der Waals surface area contributed by atoms with Gasteiger partial charge in [0.1, 0.15) is 5.75 Å². The second-order valence-corrected chi connectivity index (χ2v) is 8.67. The SMILES string of the molecule is Cc1cn2cc(C3=Cc4ccc(N5CCN(CCO)[C@@H](C)C5)cc4OC3O)nc2c(C)n1. The van der Waals surface area contributed by atoms with Gasteiger partial charge in [-0.15, -0.1) is 0 Å². The Hall–Kier alpha value is -2.94. The molecule has 2 atom stereocenters. The van der Waals surface area contributed by atoms with E-state index in [1.165, 1.54) is 0 Å². The Labute approximate surface area is 187 Å². The van der Waals surface area contributed by atoms with Crippen molar-refractivity contribution in [2.24, 2.45) is 0 Å². The van der Waals surface area contributed by atoms with Gasteiger partial charge in [0, 0.05) is 67.5 Å². The van der Waals surface area contributed by atoms with Gasteiger partial charge in [-0.05, 0) is 39.0 Å². The van der Waals surface area contributed by atoms with Crippen LogP contribution in [-0.4, -0.2) is 74.6 Å². The zero-order valence-electron chi connectivity index (χ0n) is 18.7. The molecule has 1 unspecified atom stereocenters. The van der Waals surface area contributed by atoms with Crippen molar-refractivity contribution >= 4 is 23.0 Å². The van der Waals surface area contributed by atoms with Gasteiger partial charge in [0.2, 0.25) is 6.29 Å². The van der Waals surface area contributed by atoms with Gasteiger partial charge in [-0.2, -0.15) is 0 Å². The van der Waals surface area contributed by atoms with Crippen LogP contribution in [0.2, 0.25) is 0 Å². The summed E-state index contributed by atoms with van der Waals surface area (Å²) in [6.45, 7) is 9.65. The summed E-state index contributed by atoms with van der Waals surface area (Å²) in [5, 5.41) is 20.0. The molecule has 0 saturated carbocycles. The molecule has 2 N–H and O–H groups in total. The summed E-state index contributed by atoms with van der Waals surface area (Å²) in [4.78, 5) is 13.8. The van der Waals surface area contributed by atoms with Gasteiger partial charge in [0.05, 0.1) is 23.7 Å². The van der Waals surface area contributed by atoms with E-state index in [1.807, 2.05) is 48.9 Å². The van der Waals surface area contributed by atoms with Gasteiger partial charge in [0.25, 0.3) is 0 Å². The minimum atomic E-state index is -1.09. The van der Waals surface area contributed by atoms with Crippen molar-refractivity contribution in [1.29, 1.82) is 0 Å². The number of aryl methyl sites for hydroxylation is 2. The van der Waals surface area contributed by atoms with Crippen LogP contribution in [0.5, 0.6) is 5.75 Å². The summed E-state index contributed by atoms with van der Waals surface area (Å²) in [6, 6.07) is 6.50. The predicted octanol–water partition coefficient (Wildman–Crippen LogP) is 2.10. The number of anilines is 1. The van der Waals surface area contributed by atoms with E-state index in [-0.39, 0.29) is 6.61 Å². The number of imidazole rings is 1. The fourth-order valence-electron chi connectivity index (χ4n) is 4.70. The van der Waals surface area contributed by atoms with Crippen LogP contribution >= 0.6 is 0 Å². The van der Waals surface area contributed by atoms with Crippen molar-refractivity contribution in [3.05, 3.63) is 53.2 Å². The lowest BCUT2D eigenvalue weighted by Gasteiger charge is -2.41. The molecule has 3 aromatic rings. The second-order valence-electron chi connectivity index (χ2n) is 8.67. The lowest BCUT2D eigenvalue weighted by molar-refractivity contribution is 0.0318. The van der Waals surface area contributed by atoms with E-state index in [2.05, 4.69) is 32.8 Å². The maximum absolute atomic E-state index is 10.8. The first-order valence-corrected chi connectivity index (χ1v) is 11.1. The van der Waals surface area contributed by atoms with Crippen molar-refractivity contribution in [2.45, 2.75) is 33.1 Å². The number of benzene rings is 1. The number of aliphatic hydroxyl groups is 2. The molecule has 0 amide bonds. The van der Waals surface area contributed by atoms with Crippen LogP contribution in [0, 0.1) is 13.8 Å². The molecule has 0 spiro atoms. The Kier molecular flexibility index (Phi) is 5.36. The molecule has 0 aliphatic carbocycles. The number of hydrogen-bond donors (Lipinski definition) is 2. The molecular formula is C24H29N5O3. The summed E-state index contributed by atoms with van der Waals surface area (Å²) in [5.74, 6) is 0.668. The van der Waals surface area contributed by atoms with Gasteiger partial charge in [-0.25, -0.2) is 4.98 Å². The smallest absolute Gasteiger partial charge is 0.226 e. The Balaban J connectivity index is 1.42. The first kappa shape index (κ1) is 20.9. The van der Waals surface area contributed by atoms with E-state index in [0.717, 1.165) is 47.9 Å².